The van der Waals surface area contributed by atoms with Crippen LogP contribution >= 0.6 is 23.4 Å². The molecule has 18 heavy (non-hydrogen) atoms. The number of nitrogen functional groups attached to an aromatic ring is 1. The fourth-order valence-corrected chi connectivity index (χ4v) is 4.64. The molecule has 0 radical (unpaired) electrons. The van der Waals surface area contributed by atoms with Crippen LogP contribution in [0.3, 0.4) is 0 Å². The first-order chi connectivity index (χ1) is 8.49. The number of benzene rings is 1. The van der Waals surface area contributed by atoms with Gasteiger partial charge in [-0.25, -0.2) is 13.1 Å². The monoisotopic (exact) mass is 306 g/mol. The second-order valence-electron chi connectivity index (χ2n) is 4.19. The van der Waals surface area contributed by atoms with E-state index in [0.29, 0.717) is 5.02 Å². The lowest BCUT2D eigenvalue weighted by Gasteiger charge is -2.22. The van der Waals surface area contributed by atoms with Crippen LogP contribution < -0.4 is 10.5 Å². The maximum atomic E-state index is 12.2. The van der Waals surface area contributed by atoms with Gasteiger partial charge in [0.15, 0.2) is 0 Å². The number of sulfonamides is 1. The van der Waals surface area contributed by atoms with Crippen LogP contribution in [0.25, 0.3) is 0 Å². The van der Waals surface area contributed by atoms with Crippen LogP contribution in [0.15, 0.2) is 23.1 Å². The van der Waals surface area contributed by atoms with Crippen molar-refractivity contribution in [3.63, 3.8) is 0 Å². The van der Waals surface area contributed by atoms with Crippen molar-refractivity contribution in [2.24, 2.45) is 0 Å². The molecule has 1 heterocycles. The molecule has 1 aromatic rings. The summed E-state index contributed by atoms with van der Waals surface area (Å²) in [6, 6.07) is 4.46. The minimum absolute atomic E-state index is 0.00497. The number of nitrogens with two attached hydrogens (primary N) is 1. The summed E-state index contributed by atoms with van der Waals surface area (Å²) in [5.41, 5.74) is 5.92. The summed E-state index contributed by atoms with van der Waals surface area (Å²) in [4.78, 5) is 0.0632. The maximum Gasteiger partial charge on any atom is 0.242 e. The van der Waals surface area contributed by atoms with E-state index in [1.54, 1.807) is 6.07 Å². The molecule has 7 heteroatoms. The molecule has 100 valence electrons. The number of anilines is 1. The molecule has 1 aromatic carbocycles. The van der Waals surface area contributed by atoms with Crippen LogP contribution in [0.5, 0.6) is 0 Å². The molecule has 0 atom stereocenters. The van der Waals surface area contributed by atoms with E-state index in [4.69, 9.17) is 17.3 Å². The lowest BCUT2D eigenvalue weighted by molar-refractivity contribution is 0.529. The minimum atomic E-state index is -3.58. The summed E-state index contributed by atoms with van der Waals surface area (Å²) in [6.07, 6.45) is 1.70. The normalized spacial score (nSPS) is 17.8. The Morgan fingerprint density at radius 3 is 2.67 bits per heavy atom. The van der Waals surface area contributed by atoms with E-state index >= 15 is 0 Å². The Hall–Kier alpha value is -0.430. The van der Waals surface area contributed by atoms with Crippen molar-refractivity contribution in [3.8, 4) is 0 Å². The molecular formula is C11H15ClN2O2S2. The molecule has 1 aliphatic heterocycles. The van der Waals surface area contributed by atoms with Crippen LogP contribution in [-0.4, -0.2) is 26.0 Å². The van der Waals surface area contributed by atoms with Gasteiger partial charge >= 0.3 is 0 Å². The van der Waals surface area contributed by atoms with Crippen molar-refractivity contribution in [2.45, 2.75) is 23.8 Å². The van der Waals surface area contributed by atoms with Gasteiger partial charge in [-0.2, -0.15) is 11.8 Å². The van der Waals surface area contributed by atoms with Gasteiger partial charge in [-0.15, -0.1) is 0 Å². The van der Waals surface area contributed by atoms with Crippen LogP contribution in [0.2, 0.25) is 5.02 Å². The lowest BCUT2D eigenvalue weighted by Crippen LogP contribution is -2.37. The molecule has 0 aromatic heterocycles. The number of thioether (sulfide) groups is 1. The highest BCUT2D eigenvalue weighted by molar-refractivity contribution is 7.99. The summed E-state index contributed by atoms with van der Waals surface area (Å²) in [5, 5.41) is 0.365. The van der Waals surface area contributed by atoms with Gasteiger partial charge in [-0.3, -0.25) is 0 Å². The number of hydrogen-bond donors (Lipinski definition) is 2. The van der Waals surface area contributed by atoms with Gasteiger partial charge in [0.1, 0.15) is 4.90 Å². The molecule has 0 unspecified atom stereocenters. The predicted molar refractivity (Wildman–Crippen MR) is 76.5 cm³/mol. The van der Waals surface area contributed by atoms with Crippen molar-refractivity contribution in [2.75, 3.05) is 17.2 Å². The summed E-state index contributed by atoms with van der Waals surface area (Å²) in [7, 11) is -3.58. The quantitative estimate of drug-likeness (QED) is 0.839. The van der Waals surface area contributed by atoms with E-state index in [-0.39, 0.29) is 16.6 Å². The third kappa shape index (κ3) is 3.32. The average molecular weight is 307 g/mol. The number of halogens is 1. The maximum absolute atomic E-state index is 12.2. The molecule has 2 rings (SSSR count). The van der Waals surface area contributed by atoms with E-state index < -0.39 is 10.0 Å². The second-order valence-corrected chi connectivity index (χ2v) is 7.53. The molecular weight excluding hydrogens is 292 g/mol. The fraction of sp³-hybridized carbons (Fsp3) is 0.455. The van der Waals surface area contributed by atoms with Crippen LogP contribution in [0, 0.1) is 0 Å². The van der Waals surface area contributed by atoms with Crippen molar-refractivity contribution in [1.82, 2.24) is 4.72 Å². The molecule has 1 saturated heterocycles. The first-order valence-electron chi connectivity index (χ1n) is 5.64. The third-order valence-electron chi connectivity index (χ3n) is 2.81. The van der Waals surface area contributed by atoms with E-state index in [0.717, 1.165) is 24.3 Å². The Morgan fingerprint density at radius 2 is 2.00 bits per heavy atom. The molecule has 0 saturated carbocycles. The fourth-order valence-electron chi connectivity index (χ4n) is 1.84. The summed E-state index contributed by atoms with van der Waals surface area (Å²) >= 11 is 7.66. The lowest BCUT2D eigenvalue weighted by atomic mass is 10.2. The van der Waals surface area contributed by atoms with Gasteiger partial charge < -0.3 is 5.73 Å². The Bertz CT molecular complexity index is 528. The van der Waals surface area contributed by atoms with E-state index in [2.05, 4.69) is 4.72 Å². The van der Waals surface area contributed by atoms with Crippen molar-refractivity contribution in [3.05, 3.63) is 23.2 Å². The van der Waals surface area contributed by atoms with Gasteiger partial charge in [0.05, 0.1) is 5.69 Å². The van der Waals surface area contributed by atoms with Crippen LogP contribution in [-0.2, 0) is 10.0 Å². The molecule has 1 aliphatic rings. The highest BCUT2D eigenvalue weighted by atomic mass is 35.5. The Labute approximate surface area is 116 Å². The highest BCUT2D eigenvalue weighted by Crippen LogP contribution is 2.24. The zero-order valence-corrected chi connectivity index (χ0v) is 12.1. The van der Waals surface area contributed by atoms with Gasteiger partial charge in [0.2, 0.25) is 10.0 Å². The predicted octanol–water partition coefficient (Wildman–Crippen LogP) is 2.10. The van der Waals surface area contributed by atoms with E-state index in [1.807, 2.05) is 11.8 Å². The molecule has 0 bridgehead atoms. The zero-order valence-electron chi connectivity index (χ0n) is 9.73. The zero-order chi connectivity index (χ0) is 13.2. The molecule has 4 nitrogen and oxygen atoms in total. The van der Waals surface area contributed by atoms with Gasteiger partial charge in [-0.05, 0) is 42.5 Å². The smallest absolute Gasteiger partial charge is 0.242 e. The van der Waals surface area contributed by atoms with E-state index in [9.17, 15) is 8.42 Å². The highest BCUT2D eigenvalue weighted by Gasteiger charge is 2.23. The minimum Gasteiger partial charge on any atom is -0.398 e. The molecule has 3 N–H and O–H groups in total. The van der Waals surface area contributed by atoms with Gasteiger partial charge in [0, 0.05) is 11.1 Å². The first-order valence-corrected chi connectivity index (χ1v) is 8.66. The van der Waals surface area contributed by atoms with Crippen LogP contribution in [0.4, 0.5) is 5.69 Å². The average Bonchev–Trinajstić information content (AvgIpc) is 2.33. The van der Waals surface area contributed by atoms with Crippen LogP contribution in [0.1, 0.15) is 12.8 Å². The van der Waals surface area contributed by atoms with Crippen molar-refractivity contribution < 1.29 is 8.42 Å². The SMILES string of the molecule is Nc1ccc(Cl)cc1S(=O)(=O)NC1CCSCC1. The molecule has 0 aliphatic carbocycles. The van der Waals surface area contributed by atoms with Gasteiger partial charge in [-0.1, -0.05) is 11.6 Å². The third-order valence-corrected chi connectivity index (χ3v) is 5.67. The van der Waals surface area contributed by atoms with Crippen molar-refractivity contribution in [1.29, 1.82) is 0 Å². The molecule has 1 fully saturated rings. The summed E-state index contributed by atoms with van der Waals surface area (Å²) < 4.78 is 27.1. The largest absolute Gasteiger partial charge is 0.398 e. The number of nitrogens with one attached hydrogen (secondary N) is 1. The number of rotatable bonds is 3. The topological polar surface area (TPSA) is 72.2 Å². The molecule has 0 amide bonds. The molecule has 0 spiro atoms. The first kappa shape index (κ1) is 14.0. The number of hydrogen-bond acceptors (Lipinski definition) is 4. The van der Waals surface area contributed by atoms with Gasteiger partial charge in [0.25, 0.3) is 0 Å². The Kier molecular flexibility index (Phi) is 4.42. The summed E-state index contributed by atoms with van der Waals surface area (Å²) in [6.45, 7) is 0. The Balaban J connectivity index is 2.21. The van der Waals surface area contributed by atoms with Crippen molar-refractivity contribution >= 4 is 39.1 Å². The Morgan fingerprint density at radius 1 is 1.33 bits per heavy atom. The summed E-state index contributed by atoms with van der Waals surface area (Å²) in [5.74, 6) is 1.97. The standard InChI is InChI=1S/C11H15ClN2O2S2/c12-8-1-2-10(13)11(7-8)18(15,16)14-9-3-5-17-6-4-9/h1-2,7,9,14H,3-6,13H2. The second kappa shape index (κ2) is 5.69. The van der Waals surface area contributed by atoms with E-state index in [1.165, 1.54) is 12.1 Å².